The van der Waals surface area contributed by atoms with E-state index in [0.717, 1.165) is 25.7 Å². The monoisotopic (exact) mass is 350 g/mol. The van der Waals surface area contributed by atoms with E-state index in [2.05, 4.69) is 96.4 Å². The van der Waals surface area contributed by atoms with E-state index in [1.54, 1.807) is 0 Å². The fourth-order valence-electron chi connectivity index (χ4n) is 3.07. The second kappa shape index (κ2) is 12.2. The van der Waals surface area contributed by atoms with Crippen molar-refractivity contribution in [1.29, 1.82) is 0 Å². The van der Waals surface area contributed by atoms with E-state index in [1.807, 2.05) is 0 Å². The van der Waals surface area contributed by atoms with Crippen molar-refractivity contribution in [3.8, 4) is 0 Å². The minimum absolute atomic E-state index is 0.363. The van der Waals surface area contributed by atoms with Crippen molar-refractivity contribution in [2.75, 3.05) is 0 Å². The van der Waals surface area contributed by atoms with Gasteiger partial charge in [-0.05, 0) is 49.0 Å². The first-order valence-electron chi connectivity index (χ1n) is 9.81. The lowest BCUT2D eigenvalue weighted by atomic mass is 10.0. The fourth-order valence-corrected chi connectivity index (χ4v) is 3.07. The predicted molar refractivity (Wildman–Crippen MR) is 110 cm³/mol. The molecule has 0 saturated heterocycles. The maximum absolute atomic E-state index is 4.23. The van der Waals surface area contributed by atoms with Crippen LogP contribution in [0.2, 0.25) is 0 Å². The van der Waals surface area contributed by atoms with Crippen molar-refractivity contribution < 1.29 is 11.5 Å². The molecule has 26 heavy (non-hydrogen) atoms. The lowest BCUT2D eigenvalue weighted by molar-refractivity contribution is -0.403. The van der Waals surface area contributed by atoms with Crippen LogP contribution in [0.25, 0.3) is 0 Å². The van der Waals surface area contributed by atoms with Gasteiger partial charge in [0.1, 0.15) is 12.1 Å². The maximum atomic E-state index is 4.23. The van der Waals surface area contributed by atoms with Gasteiger partial charge in [-0.3, -0.25) is 0 Å². The van der Waals surface area contributed by atoms with Crippen LogP contribution in [0.1, 0.15) is 36.8 Å². The third-order valence-electron chi connectivity index (χ3n) is 4.49. The Morgan fingerprint density at radius 2 is 1.00 bits per heavy atom. The van der Waals surface area contributed by atoms with E-state index >= 15 is 0 Å². The molecule has 6 N–H and O–H groups in total. The first kappa shape index (κ1) is 20.2. The molecule has 0 heterocycles. The largest absolute Gasteiger partial charge is 0.352 e. The normalized spacial score (nSPS) is 14.1. The standard InChI is InChI=1S/C24H32N2/c25-23(19-21-13-7-5-8-14-21)17-11-3-1-2-4-12-18-24(26)20-22-15-9-6-10-16-22/h5-18,23-24H,1-4,19-20,25-26H2/p+2/t23-,24-/m1/s1. The SMILES string of the molecule is [NH3+][C@H](C=CCCCCC=C[C@@H]([NH3+])Cc1ccccc1)Cc1ccccc1. The molecule has 0 aliphatic heterocycles. The average molecular weight is 351 g/mol. The number of quaternary nitrogens is 2. The van der Waals surface area contributed by atoms with E-state index in [-0.39, 0.29) is 0 Å². The van der Waals surface area contributed by atoms with Crippen molar-refractivity contribution in [3.05, 3.63) is 96.1 Å². The number of rotatable bonds is 11. The van der Waals surface area contributed by atoms with Gasteiger partial charge in [-0.15, -0.1) is 0 Å². The molecule has 0 unspecified atom stereocenters. The molecule has 0 spiro atoms. The Hall–Kier alpha value is -2.16. The molecule has 0 saturated carbocycles. The fraction of sp³-hybridized carbons (Fsp3) is 0.333. The van der Waals surface area contributed by atoms with Gasteiger partial charge in [0.25, 0.3) is 0 Å². The van der Waals surface area contributed by atoms with Gasteiger partial charge in [-0.1, -0.05) is 72.8 Å². The first-order chi connectivity index (χ1) is 12.7. The van der Waals surface area contributed by atoms with Gasteiger partial charge in [0.2, 0.25) is 0 Å². The minimum Gasteiger partial charge on any atom is -0.352 e. The molecule has 0 amide bonds. The Morgan fingerprint density at radius 1 is 0.615 bits per heavy atom. The van der Waals surface area contributed by atoms with Crippen molar-refractivity contribution in [2.45, 2.75) is 50.6 Å². The van der Waals surface area contributed by atoms with Gasteiger partial charge in [-0.2, -0.15) is 0 Å². The molecule has 0 aliphatic carbocycles. The Balaban J connectivity index is 1.53. The number of allylic oxidation sites excluding steroid dienone is 2. The van der Waals surface area contributed by atoms with Gasteiger partial charge in [0.15, 0.2) is 0 Å². The average Bonchev–Trinajstić information content (AvgIpc) is 2.65. The summed E-state index contributed by atoms with van der Waals surface area (Å²) < 4.78 is 0. The summed E-state index contributed by atoms with van der Waals surface area (Å²) in [6.45, 7) is 0. The van der Waals surface area contributed by atoms with E-state index in [9.17, 15) is 0 Å². The van der Waals surface area contributed by atoms with Crippen LogP contribution in [-0.2, 0) is 12.8 Å². The summed E-state index contributed by atoms with van der Waals surface area (Å²) in [7, 11) is 0. The smallest absolute Gasteiger partial charge is 0.107 e. The number of benzene rings is 2. The molecule has 2 aromatic carbocycles. The molecular formula is C24H34N2+2. The van der Waals surface area contributed by atoms with Crippen LogP contribution in [0.15, 0.2) is 85.0 Å². The summed E-state index contributed by atoms with van der Waals surface area (Å²) in [5.74, 6) is 0. The van der Waals surface area contributed by atoms with Crippen molar-refractivity contribution in [2.24, 2.45) is 0 Å². The topological polar surface area (TPSA) is 55.3 Å². The van der Waals surface area contributed by atoms with Crippen LogP contribution < -0.4 is 11.5 Å². The van der Waals surface area contributed by atoms with Crippen molar-refractivity contribution in [3.63, 3.8) is 0 Å². The predicted octanol–water partition coefficient (Wildman–Crippen LogP) is 3.37. The van der Waals surface area contributed by atoms with Gasteiger partial charge in [0.05, 0.1) is 0 Å². The summed E-state index contributed by atoms with van der Waals surface area (Å²) in [6, 6.07) is 21.9. The molecule has 0 radical (unpaired) electrons. The Bertz CT molecular complexity index is 587. The summed E-state index contributed by atoms with van der Waals surface area (Å²) in [6.07, 6.45) is 15.9. The van der Waals surface area contributed by atoms with Gasteiger partial charge in [-0.25, -0.2) is 0 Å². The van der Waals surface area contributed by atoms with E-state index in [4.69, 9.17) is 0 Å². The van der Waals surface area contributed by atoms with Crippen molar-refractivity contribution in [1.82, 2.24) is 0 Å². The molecule has 0 aliphatic rings. The zero-order chi connectivity index (χ0) is 18.5. The lowest BCUT2D eigenvalue weighted by Crippen LogP contribution is -2.60. The zero-order valence-corrected chi connectivity index (χ0v) is 15.9. The van der Waals surface area contributed by atoms with E-state index in [1.165, 1.54) is 24.0 Å². The summed E-state index contributed by atoms with van der Waals surface area (Å²) in [5.41, 5.74) is 11.2. The van der Waals surface area contributed by atoms with Crippen LogP contribution in [0.5, 0.6) is 0 Å². The molecule has 2 aromatic rings. The third-order valence-corrected chi connectivity index (χ3v) is 4.49. The van der Waals surface area contributed by atoms with Gasteiger partial charge < -0.3 is 11.5 Å². The van der Waals surface area contributed by atoms with Crippen LogP contribution in [0, 0.1) is 0 Å². The maximum Gasteiger partial charge on any atom is 0.107 e. The van der Waals surface area contributed by atoms with E-state index < -0.39 is 0 Å². The second-order valence-corrected chi connectivity index (χ2v) is 7.04. The number of hydrogen-bond donors (Lipinski definition) is 2. The number of unbranched alkanes of at least 4 members (excludes halogenated alkanes) is 3. The van der Waals surface area contributed by atoms with Crippen LogP contribution >= 0.6 is 0 Å². The Kier molecular flexibility index (Phi) is 9.48. The molecule has 2 atom stereocenters. The van der Waals surface area contributed by atoms with Crippen LogP contribution in [0.4, 0.5) is 0 Å². The van der Waals surface area contributed by atoms with E-state index in [0.29, 0.717) is 12.1 Å². The summed E-state index contributed by atoms with van der Waals surface area (Å²) >= 11 is 0. The molecule has 138 valence electrons. The molecule has 2 rings (SSSR count). The van der Waals surface area contributed by atoms with Gasteiger partial charge in [0, 0.05) is 12.8 Å². The second-order valence-electron chi connectivity index (χ2n) is 7.04. The highest BCUT2D eigenvalue weighted by Gasteiger charge is 2.03. The quantitative estimate of drug-likeness (QED) is 0.461. The highest BCUT2D eigenvalue weighted by molar-refractivity contribution is 5.17. The highest BCUT2D eigenvalue weighted by atomic mass is 14.6. The Labute approximate surface area is 158 Å². The number of hydrogen-bond acceptors (Lipinski definition) is 0. The molecule has 2 heteroatoms. The summed E-state index contributed by atoms with van der Waals surface area (Å²) in [4.78, 5) is 0. The highest BCUT2D eigenvalue weighted by Crippen LogP contribution is 2.06. The zero-order valence-electron chi connectivity index (χ0n) is 15.9. The molecule has 0 fully saturated rings. The van der Waals surface area contributed by atoms with Crippen molar-refractivity contribution >= 4 is 0 Å². The Morgan fingerprint density at radius 3 is 1.38 bits per heavy atom. The molecular weight excluding hydrogens is 316 g/mol. The van der Waals surface area contributed by atoms with Gasteiger partial charge >= 0.3 is 0 Å². The molecule has 0 aromatic heterocycles. The third kappa shape index (κ3) is 8.80. The first-order valence-corrected chi connectivity index (χ1v) is 9.81. The lowest BCUT2D eigenvalue weighted by Gasteiger charge is -2.04. The van der Waals surface area contributed by atoms with Crippen LogP contribution in [0.3, 0.4) is 0 Å². The molecule has 2 nitrogen and oxygen atoms in total. The van der Waals surface area contributed by atoms with Crippen LogP contribution in [-0.4, -0.2) is 12.1 Å². The summed E-state index contributed by atoms with van der Waals surface area (Å²) in [5, 5.41) is 0. The molecule has 0 bridgehead atoms. The minimum atomic E-state index is 0.363.